The summed E-state index contributed by atoms with van der Waals surface area (Å²) in [6, 6.07) is 9.15. The van der Waals surface area contributed by atoms with Crippen LogP contribution in [0.25, 0.3) is 0 Å². The first-order chi connectivity index (χ1) is 10.4. The van der Waals surface area contributed by atoms with Gasteiger partial charge in [0.2, 0.25) is 5.95 Å². The lowest BCUT2D eigenvalue weighted by molar-refractivity contribution is 0.594. The molecule has 8 nitrogen and oxygen atoms in total. The third-order valence-electron chi connectivity index (χ3n) is 2.65. The number of nitrogen functional groups attached to an aromatic ring is 1. The number of aromatic nitrogens is 2. The van der Waals surface area contributed by atoms with E-state index in [0.29, 0.717) is 4.68 Å². The van der Waals surface area contributed by atoms with E-state index in [1.54, 1.807) is 18.4 Å². The van der Waals surface area contributed by atoms with Crippen molar-refractivity contribution in [1.29, 1.82) is 5.26 Å². The molecule has 0 amide bonds. The smallest absolute Gasteiger partial charge is 0.293 e. The largest absolute Gasteiger partial charge is 0.368 e. The average Bonchev–Trinajstić information content (AvgIpc) is 2.51. The summed E-state index contributed by atoms with van der Waals surface area (Å²) in [7, 11) is -4.03. The molecule has 0 aliphatic rings. The fraction of sp³-hybridized carbons (Fsp3) is 0.0833. The number of anilines is 1. The van der Waals surface area contributed by atoms with Crippen molar-refractivity contribution in [3.05, 3.63) is 46.2 Å². The molecule has 0 saturated carbocycles. The Balaban J connectivity index is 2.56. The molecule has 2 rings (SSSR count). The number of nitrogens with two attached hydrogens (primary N) is 1. The van der Waals surface area contributed by atoms with Crippen LogP contribution in [0.3, 0.4) is 0 Å². The summed E-state index contributed by atoms with van der Waals surface area (Å²) in [5.41, 5.74) is 4.45. The van der Waals surface area contributed by atoms with Crippen molar-refractivity contribution in [3.8, 4) is 6.07 Å². The lowest BCUT2D eigenvalue weighted by Gasteiger charge is -2.13. The topological polar surface area (TPSA) is 131 Å². The third-order valence-corrected chi connectivity index (χ3v) is 4.64. The Morgan fingerprint density at radius 2 is 2.00 bits per heavy atom. The van der Waals surface area contributed by atoms with Crippen LogP contribution in [0.5, 0.6) is 0 Å². The summed E-state index contributed by atoms with van der Waals surface area (Å²) < 4.78 is 25.0. The van der Waals surface area contributed by atoms with Crippen LogP contribution in [0, 0.1) is 11.3 Å². The second-order valence-electron chi connectivity index (χ2n) is 4.01. The summed E-state index contributed by atoms with van der Waals surface area (Å²) in [6.07, 6.45) is 1.63. The van der Waals surface area contributed by atoms with E-state index in [-0.39, 0.29) is 21.4 Å². The van der Waals surface area contributed by atoms with Gasteiger partial charge < -0.3 is 5.73 Å². The fourth-order valence-corrected chi connectivity index (χ4v) is 3.18. The van der Waals surface area contributed by atoms with Crippen molar-refractivity contribution in [2.75, 3.05) is 16.8 Å². The molecule has 0 spiro atoms. The van der Waals surface area contributed by atoms with Crippen molar-refractivity contribution < 1.29 is 8.42 Å². The summed E-state index contributed by atoms with van der Waals surface area (Å²) in [5, 5.41) is 9.17. The molecule has 0 fully saturated rings. The molecular formula is C12H11N5O3S2. The molecule has 3 N–H and O–H groups in total. The number of nitrogens with zero attached hydrogens (tertiary/aromatic N) is 3. The van der Waals surface area contributed by atoms with Crippen LogP contribution in [-0.2, 0) is 10.0 Å². The van der Waals surface area contributed by atoms with E-state index < -0.39 is 15.6 Å². The van der Waals surface area contributed by atoms with Crippen LogP contribution < -0.4 is 16.1 Å². The van der Waals surface area contributed by atoms with Gasteiger partial charge in [-0.05, 0) is 18.4 Å². The van der Waals surface area contributed by atoms with Crippen molar-refractivity contribution in [2.24, 2.45) is 0 Å². The number of hydrogen-bond acceptors (Lipinski definition) is 7. The van der Waals surface area contributed by atoms with Gasteiger partial charge in [0.15, 0.2) is 5.56 Å². The Morgan fingerprint density at radius 1 is 1.36 bits per heavy atom. The Hall–Kier alpha value is -2.51. The minimum absolute atomic E-state index is 0.0475. The van der Waals surface area contributed by atoms with Crippen LogP contribution in [-0.4, -0.2) is 24.3 Å². The molecule has 114 valence electrons. The highest BCUT2D eigenvalue weighted by molar-refractivity contribution is 7.98. The lowest BCUT2D eigenvalue weighted by atomic mass is 10.4. The molecular weight excluding hydrogens is 326 g/mol. The first kappa shape index (κ1) is 15.9. The average molecular weight is 337 g/mol. The van der Waals surface area contributed by atoms with E-state index in [2.05, 4.69) is 4.98 Å². The number of rotatable bonds is 4. The third kappa shape index (κ3) is 2.90. The number of nitrogens with one attached hydrogen (secondary N) is 1. The highest BCUT2D eigenvalue weighted by Crippen LogP contribution is 2.16. The minimum atomic E-state index is -4.03. The summed E-state index contributed by atoms with van der Waals surface area (Å²) >= 11 is 1.07. The van der Waals surface area contributed by atoms with Gasteiger partial charge in [-0.2, -0.15) is 18.4 Å². The predicted octanol–water partition coefficient (Wildman–Crippen LogP) is 0.351. The van der Waals surface area contributed by atoms with Crippen molar-refractivity contribution in [3.63, 3.8) is 0 Å². The Labute approximate surface area is 130 Å². The minimum Gasteiger partial charge on any atom is -0.368 e. The van der Waals surface area contributed by atoms with Gasteiger partial charge in [-0.3, -0.25) is 4.79 Å². The molecule has 0 aliphatic carbocycles. The molecule has 0 saturated heterocycles. The highest BCUT2D eigenvalue weighted by atomic mass is 32.2. The molecule has 1 aromatic heterocycles. The van der Waals surface area contributed by atoms with E-state index in [9.17, 15) is 13.2 Å². The molecule has 22 heavy (non-hydrogen) atoms. The maximum Gasteiger partial charge on any atom is 0.293 e. The molecule has 0 aliphatic heterocycles. The predicted molar refractivity (Wildman–Crippen MR) is 82.4 cm³/mol. The molecule has 0 atom stereocenters. The zero-order chi connectivity index (χ0) is 16.3. The van der Waals surface area contributed by atoms with Crippen LogP contribution in [0.4, 0.5) is 5.95 Å². The Kier molecular flexibility index (Phi) is 4.39. The number of benzene rings is 1. The quantitative estimate of drug-likeness (QED) is 0.608. The molecule has 2 aromatic rings. The van der Waals surface area contributed by atoms with E-state index in [0.717, 1.165) is 11.8 Å². The van der Waals surface area contributed by atoms with Gasteiger partial charge in [0.25, 0.3) is 15.6 Å². The Bertz CT molecular complexity index is 901. The standard InChI is InChI=1S/C12H11N5O3S2/c1-21-10-9(7-13)11(18)17(12(14)15-10)16-22(19,20)8-5-3-2-4-6-8/h2-6,16H,1H3,(H2,14,15). The van der Waals surface area contributed by atoms with Crippen LogP contribution in [0.2, 0.25) is 0 Å². The number of nitriles is 1. The van der Waals surface area contributed by atoms with Crippen molar-refractivity contribution in [2.45, 2.75) is 9.92 Å². The van der Waals surface area contributed by atoms with Gasteiger partial charge in [-0.25, -0.2) is 9.82 Å². The molecule has 10 heteroatoms. The zero-order valence-corrected chi connectivity index (χ0v) is 13.0. The van der Waals surface area contributed by atoms with E-state index in [1.807, 2.05) is 4.83 Å². The normalized spacial score (nSPS) is 10.9. The van der Waals surface area contributed by atoms with E-state index in [4.69, 9.17) is 11.0 Å². The molecule has 0 radical (unpaired) electrons. The van der Waals surface area contributed by atoms with Crippen LogP contribution in [0.15, 0.2) is 45.0 Å². The highest BCUT2D eigenvalue weighted by Gasteiger charge is 2.20. The van der Waals surface area contributed by atoms with Crippen molar-refractivity contribution >= 4 is 27.7 Å². The fourth-order valence-electron chi connectivity index (χ4n) is 1.62. The lowest BCUT2D eigenvalue weighted by Crippen LogP contribution is -2.37. The first-order valence-corrected chi connectivity index (χ1v) is 8.56. The van der Waals surface area contributed by atoms with Crippen LogP contribution in [0.1, 0.15) is 5.56 Å². The number of sulfonamides is 1. The zero-order valence-electron chi connectivity index (χ0n) is 11.3. The van der Waals surface area contributed by atoms with Gasteiger partial charge >= 0.3 is 0 Å². The van der Waals surface area contributed by atoms with Gasteiger partial charge in [-0.1, -0.05) is 18.2 Å². The summed E-state index contributed by atoms with van der Waals surface area (Å²) in [4.78, 5) is 18.0. The second kappa shape index (κ2) is 6.08. The van der Waals surface area contributed by atoms with E-state index in [1.165, 1.54) is 24.3 Å². The molecule has 0 bridgehead atoms. The van der Waals surface area contributed by atoms with Gasteiger partial charge in [0.05, 0.1) is 4.90 Å². The molecule has 1 aromatic carbocycles. The number of hydrogen-bond donors (Lipinski definition) is 2. The van der Waals surface area contributed by atoms with E-state index >= 15 is 0 Å². The van der Waals surface area contributed by atoms with Gasteiger partial charge in [0, 0.05) is 0 Å². The van der Waals surface area contributed by atoms with Gasteiger partial charge in [0.1, 0.15) is 11.1 Å². The summed E-state index contributed by atoms with van der Waals surface area (Å²) in [6.45, 7) is 0. The van der Waals surface area contributed by atoms with Crippen molar-refractivity contribution in [1.82, 2.24) is 9.66 Å². The number of thioether (sulfide) groups is 1. The summed E-state index contributed by atoms with van der Waals surface area (Å²) in [5.74, 6) is -0.354. The monoisotopic (exact) mass is 337 g/mol. The molecule has 0 unspecified atom stereocenters. The second-order valence-corrected chi connectivity index (χ2v) is 6.47. The Morgan fingerprint density at radius 3 is 2.55 bits per heavy atom. The first-order valence-electron chi connectivity index (χ1n) is 5.85. The molecule has 1 heterocycles. The van der Waals surface area contributed by atoms with Gasteiger partial charge in [-0.15, -0.1) is 11.8 Å². The maximum absolute atomic E-state index is 12.2. The van der Waals surface area contributed by atoms with Crippen LogP contribution >= 0.6 is 11.8 Å². The SMILES string of the molecule is CSc1nc(N)n(NS(=O)(=O)c2ccccc2)c(=O)c1C#N. The maximum atomic E-state index is 12.2.